The molecule has 7 heteroatoms. The van der Waals surface area contributed by atoms with Crippen LogP contribution in [0.4, 0.5) is 11.4 Å². The highest BCUT2D eigenvalue weighted by Gasteiger charge is 2.27. The van der Waals surface area contributed by atoms with Gasteiger partial charge in [-0.1, -0.05) is 0 Å². The van der Waals surface area contributed by atoms with Crippen molar-refractivity contribution in [2.75, 3.05) is 18.4 Å². The van der Waals surface area contributed by atoms with Gasteiger partial charge in [0.2, 0.25) is 5.91 Å². The van der Waals surface area contributed by atoms with E-state index >= 15 is 0 Å². The van der Waals surface area contributed by atoms with Crippen LogP contribution in [0.25, 0.3) is 0 Å². The Balaban J connectivity index is 1.95. The number of rotatable bonds is 6. The third-order valence-electron chi connectivity index (χ3n) is 4.15. The van der Waals surface area contributed by atoms with Crippen LogP contribution >= 0.6 is 0 Å². The van der Waals surface area contributed by atoms with E-state index in [9.17, 15) is 20.0 Å². The molecule has 0 bridgehead atoms. The molecule has 0 radical (unpaired) electrons. The third kappa shape index (κ3) is 4.74. The first-order valence-corrected chi connectivity index (χ1v) is 7.84. The van der Waals surface area contributed by atoms with Crippen molar-refractivity contribution in [2.24, 2.45) is 0 Å². The molecule has 1 aliphatic heterocycles. The number of hydrogen-bond acceptors (Lipinski definition) is 5. The predicted octanol–water partition coefficient (Wildman–Crippen LogP) is 2.08. The minimum atomic E-state index is -0.455. The first-order chi connectivity index (χ1) is 10.9. The van der Waals surface area contributed by atoms with Crippen LogP contribution in [0.5, 0.6) is 0 Å². The van der Waals surface area contributed by atoms with Gasteiger partial charge in [0.15, 0.2) is 0 Å². The molecule has 126 valence electrons. The van der Waals surface area contributed by atoms with E-state index < -0.39 is 4.92 Å². The van der Waals surface area contributed by atoms with Crippen LogP contribution in [0, 0.1) is 17.0 Å². The van der Waals surface area contributed by atoms with E-state index in [-0.39, 0.29) is 30.3 Å². The molecule has 1 aromatic rings. The molecule has 23 heavy (non-hydrogen) atoms. The number of nitro groups is 1. The summed E-state index contributed by atoms with van der Waals surface area (Å²) in [5, 5.41) is 23.1. The van der Waals surface area contributed by atoms with Crippen molar-refractivity contribution in [3.63, 3.8) is 0 Å². The molecule has 2 N–H and O–H groups in total. The van der Waals surface area contributed by atoms with E-state index in [0.29, 0.717) is 17.7 Å². The normalized spacial score (nSPS) is 19.5. The number of aliphatic hydroxyl groups is 1. The largest absolute Gasteiger partial charge is 0.393 e. The number of aliphatic hydroxyl groups excluding tert-OH is 1. The number of carbonyl (C=O) groups excluding carboxylic acids is 1. The van der Waals surface area contributed by atoms with Crippen LogP contribution in [-0.4, -0.2) is 46.1 Å². The fourth-order valence-electron chi connectivity index (χ4n) is 3.04. The lowest BCUT2D eigenvalue weighted by Crippen LogP contribution is -2.38. The van der Waals surface area contributed by atoms with Crippen molar-refractivity contribution in [1.29, 1.82) is 0 Å². The lowest BCUT2D eigenvalue weighted by atomic mass is 10.1. The van der Waals surface area contributed by atoms with Crippen LogP contribution in [0.3, 0.4) is 0 Å². The number of carbonyl (C=O) groups is 1. The Bertz CT molecular complexity index is 589. The molecule has 1 aromatic carbocycles. The Morgan fingerprint density at radius 1 is 1.57 bits per heavy atom. The van der Waals surface area contributed by atoms with E-state index in [2.05, 4.69) is 10.2 Å². The van der Waals surface area contributed by atoms with Crippen molar-refractivity contribution >= 4 is 17.3 Å². The lowest BCUT2D eigenvalue weighted by molar-refractivity contribution is -0.384. The van der Waals surface area contributed by atoms with Crippen LogP contribution in [0.15, 0.2) is 18.2 Å². The second kappa shape index (κ2) is 7.52. The van der Waals surface area contributed by atoms with Crippen molar-refractivity contribution in [2.45, 2.75) is 45.3 Å². The van der Waals surface area contributed by atoms with Crippen molar-refractivity contribution in [3.05, 3.63) is 33.9 Å². The smallest absolute Gasteiger partial charge is 0.269 e. The maximum Gasteiger partial charge on any atom is 0.269 e. The van der Waals surface area contributed by atoms with E-state index in [1.807, 2.05) is 0 Å². The Hall–Kier alpha value is -1.99. The highest BCUT2D eigenvalue weighted by molar-refractivity contribution is 5.93. The molecule has 2 unspecified atom stereocenters. The number of non-ortho nitro benzene ring substituents is 1. The predicted molar refractivity (Wildman–Crippen MR) is 87.4 cm³/mol. The Morgan fingerprint density at radius 2 is 2.30 bits per heavy atom. The molecule has 1 fully saturated rings. The third-order valence-corrected chi connectivity index (χ3v) is 4.15. The molecule has 0 aromatic heterocycles. The summed E-state index contributed by atoms with van der Waals surface area (Å²) in [5.41, 5.74) is 1.26. The van der Waals surface area contributed by atoms with Gasteiger partial charge >= 0.3 is 0 Å². The molecule has 1 aliphatic rings. The number of likely N-dealkylation sites (tertiary alicyclic amines) is 1. The summed E-state index contributed by atoms with van der Waals surface area (Å²) in [7, 11) is 0. The van der Waals surface area contributed by atoms with Gasteiger partial charge in [0.05, 0.1) is 17.6 Å². The quantitative estimate of drug-likeness (QED) is 0.618. The zero-order valence-electron chi connectivity index (χ0n) is 13.5. The molecule has 1 saturated heterocycles. The number of anilines is 1. The Morgan fingerprint density at radius 3 is 2.91 bits per heavy atom. The van der Waals surface area contributed by atoms with Gasteiger partial charge in [-0.2, -0.15) is 0 Å². The summed E-state index contributed by atoms with van der Waals surface area (Å²) >= 11 is 0. The number of hydrogen-bond donors (Lipinski definition) is 2. The molecular formula is C16H23N3O4. The monoisotopic (exact) mass is 321 g/mol. The van der Waals surface area contributed by atoms with Gasteiger partial charge in [0.25, 0.3) is 5.69 Å². The fraction of sp³-hybridized carbons (Fsp3) is 0.562. The van der Waals surface area contributed by atoms with Crippen LogP contribution in [0.2, 0.25) is 0 Å². The molecule has 1 heterocycles. The topological polar surface area (TPSA) is 95.7 Å². The maximum absolute atomic E-state index is 12.2. The summed E-state index contributed by atoms with van der Waals surface area (Å²) in [6.45, 7) is 4.61. The first kappa shape index (κ1) is 17.4. The molecule has 1 amide bonds. The van der Waals surface area contributed by atoms with Gasteiger partial charge in [0.1, 0.15) is 0 Å². The summed E-state index contributed by atoms with van der Waals surface area (Å²) in [5.74, 6) is -0.139. The number of benzene rings is 1. The molecule has 2 atom stereocenters. The van der Waals surface area contributed by atoms with Gasteiger partial charge in [-0.3, -0.25) is 19.8 Å². The second-order valence-electron chi connectivity index (χ2n) is 6.16. The number of amides is 1. The lowest BCUT2D eigenvalue weighted by Gasteiger charge is -2.24. The van der Waals surface area contributed by atoms with Gasteiger partial charge in [-0.05, 0) is 51.3 Å². The standard InChI is InChI=1S/C16H23N3O4/c1-11-8-14(19(22)23)5-6-15(11)17-16(21)10-18-7-3-4-13(18)9-12(2)20/h5-6,8,12-13,20H,3-4,7,9-10H2,1-2H3,(H,17,21). The molecule has 0 spiro atoms. The average Bonchev–Trinajstić information content (AvgIpc) is 2.87. The van der Waals surface area contributed by atoms with Crippen LogP contribution in [-0.2, 0) is 4.79 Å². The zero-order valence-corrected chi connectivity index (χ0v) is 13.5. The Kier molecular flexibility index (Phi) is 5.68. The molecule has 2 rings (SSSR count). The van der Waals surface area contributed by atoms with E-state index in [4.69, 9.17) is 0 Å². The molecule has 0 aliphatic carbocycles. The number of nitrogens with zero attached hydrogens (tertiary/aromatic N) is 2. The van der Waals surface area contributed by atoms with Crippen LogP contribution in [0.1, 0.15) is 31.7 Å². The molecule has 7 nitrogen and oxygen atoms in total. The molecule has 0 saturated carbocycles. The number of nitrogens with one attached hydrogen (secondary N) is 1. The van der Waals surface area contributed by atoms with Gasteiger partial charge in [0, 0.05) is 23.9 Å². The Labute approximate surface area is 135 Å². The minimum Gasteiger partial charge on any atom is -0.393 e. The van der Waals surface area contributed by atoms with Crippen molar-refractivity contribution in [3.8, 4) is 0 Å². The van der Waals surface area contributed by atoms with Gasteiger partial charge in [-0.25, -0.2) is 0 Å². The van der Waals surface area contributed by atoms with Crippen LogP contribution < -0.4 is 5.32 Å². The van der Waals surface area contributed by atoms with E-state index in [1.54, 1.807) is 19.9 Å². The van der Waals surface area contributed by atoms with Gasteiger partial charge in [-0.15, -0.1) is 0 Å². The summed E-state index contributed by atoms with van der Waals surface area (Å²) < 4.78 is 0. The number of nitro benzene ring substituents is 1. The fourth-order valence-corrected chi connectivity index (χ4v) is 3.04. The zero-order chi connectivity index (χ0) is 17.0. The maximum atomic E-state index is 12.2. The van der Waals surface area contributed by atoms with Crippen molar-refractivity contribution < 1.29 is 14.8 Å². The van der Waals surface area contributed by atoms with E-state index in [0.717, 1.165) is 19.4 Å². The first-order valence-electron chi connectivity index (χ1n) is 7.84. The highest BCUT2D eigenvalue weighted by atomic mass is 16.6. The minimum absolute atomic E-state index is 0.0111. The molecular weight excluding hydrogens is 298 g/mol. The van der Waals surface area contributed by atoms with Gasteiger partial charge < -0.3 is 10.4 Å². The second-order valence-corrected chi connectivity index (χ2v) is 6.16. The summed E-state index contributed by atoms with van der Waals surface area (Å²) in [4.78, 5) is 24.6. The average molecular weight is 321 g/mol. The highest BCUT2D eigenvalue weighted by Crippen LogP contribution is 2.23. The summed E-state index contributed by atoms with van der Waals surface area (Å²) in [6.07, 6.45) is 2.32. The number of aryl methyl sites for hydroxylation is 1. The van der Waals surface area contributed by atoms with Crippen molar-refractivity contribution in [1.82, 2.24) is 4.90 Å². The summed E-state index contributed by atoms with van der Waals surface area (Å²) in [6, 6.07) is 4.62. The SMILES string of the molecule is Cc1cc([N+](=O)[O-])ccc1NC(=O)CN1CCCC1CC(C)O. The van der Waals surface area contributed by atoms with E-state index in [1.165, 1.54) is 12.1 Å².